The molecule has 0 unspecified atom stereocenters. The summed E-state index contributed by atoms with van der Waals surface area (Å²) in [6, 6.07) is 0. The Morgan fingerprint density at radius 3 is 2.47 bits per heavy atom. The summed E-state index contributed by atoms with van der Waals surface area (Å²) in [7, 11) is 0. The number of likely N-dealkylation sites (tertiary alicyclic amines) is 1. The predicted octanol–water partition coefficient (Wildman–Crippen LogP) is 2.48. The summed E-state index contributed by atoms with van der Waals surface area (Å²) in [4.78, 5) is 2.52. The van der Waals surface area contributed by atoms with Gasteiger partial charge in [0.25, 0.3) is 0 Å². The molecule has 0 atom stereocenters. The normalized spacial score (nSPS) is 19.5. The Balaban J connectivity index is 2.22. The summed E-state index contributed by atoms with van der Waals surface area (Å²) in [5.74, 6) is 1.79. The summed E-state index contributed by atoms with van der Waals surface area (Å²) < 4.78 is 0. The second-order valence-corrected chi connectivity index (χ2v) is 4.99. The molecule has 15 heavy (non-hydrogen) atoms. The molecule has 0 aromatic carbocycles. The largest absolute Gasteiger partial charge is 0.388 e. The average Bonchev–Trinajstić information content (AvgIpc) is 2.18. The van der Waals surface area contributed by atoms with E-state index >= 15 is 0 Å². The number of likely N-dealkylation sites (N-methyl/N-ethyl adjacent to an activating group) is 1. The van der Waals surface area contributed by atoms with Crippen molar-refractivity contribution in [1.29, 1.82) is 0 Å². The van der Waals surface area contributed by atoms with Gasteiger partial charge in [-0.3, -0.25) is 4.90 Å². The van der Waals surface area contributed by atoms with Crippen molar-refractivity contribution in [2.24, 2.45) is 11.8 Å². The highest BCUT2D eigenvalue weighted by Gasteiger charge is 2.21. The summed E-state index contributed by atoms with van der Waals surface area (Å²) in [6.45, 7) is 15.4. The minimum atomic E-state index is 0.851. The molecular formula is C13H26N2. The van der Waals surface area contributed by atoms with Crippen LogP contribution in [0.5, 0.6) is 0 Å². The van der Waals surface area contributed by atoms with Crippen LogP contribution < -0.4 is 5.32 Å². The van der Waals surface area contributed by atoms with Crippen LogP contribution in [0.1, 0.15) is 33.6 Å². The van der Waals surface area contributed by atoms with Crippen molar-refractivity contribution < 1.29 is 0 Å². The third kappa shape index (κ3) is 4.25. The molecule has 0 aromatic rings. The zero-order chi connectivity index (χ0) is 11.3. The van der Waals surface area contributed by atoms with E-state index in [0.717, 1.165) is 24.9 Å². The molecule has 0 aromatic heterocycles. The van der Waals surface area contributed by atoms with Crippen LogP contribution in [0, 0.1) is 11.8 Å². The van der Waals surface area contributed by atoms with Gasteiger partial charge in [-0.2, -0.15) is 0 Å². The topological polar surface area (TPSA) is 15.3 Å². The van der Waals surface area contributed by atoms with Gasteiger partial charge >= 0.3 is 0 Å². The molecule has 1 saturated heterocycles. The van der Waals surface area contributed by atoms with Crippen molar-refractivity contribution in [3.8, 4) is 0 Å². The Labute approximate surface area is 94.7 Å². The van der Waals surface area contributed by atoms with Crippen LogP contribution in [-0.2, 0) is 0 Å². The molecule has 0 bridgehead atoms. The highest BCUT2D eigenvalue weighted by molar-refractivity contribution is 4.94. The van der Waals surface area contributed by atoms with Gasteiger partial charge in [-0.05, 0) is 44.7 Å². The van der Waals surface area contributed by atoms with Gasteiger partial charge in [0.15, 0.2) is 0 Å². The maximum atomic E-state index is 4.04. The van der Waals surface area contributed by atoms with Gasteiger partial charge < -0.3 is 5.32 Å². The van der Waals surface area contributed by atoms with Crippen molar-refractivity contribution in [3.63, 3.8) is 0 Å². The molecule has 0 amide bonds. The first-order valence-corrected chi connectivity index (χ1v) is 6.27. The average molecular weight is 210 g/mol. The molecule has 1 N–H and O–H groups in total. The van der Waals surface area contributed by atoms with E-state index < -0.39 is 0 Å². The quantitative estimate of drug-likeness (QED) is 0.750. The standard InChI is InChI=1S/C13H26N2/c1-5-14-12(4)10-15-8-6-13(7-9-15)11(2)3/h11,13-14H,4-10H2,1-3H3. The Kier molecular flexibility index (Phi) is 5.16. The molecule has 1 fully saturated rings. The van der Waals surface area contributed by atoms with Crippen LogP contribution in [0.25, 0.3) is 0 Å². The fraction of sp³-hybridized carbons (Fsp3) is 0.846. The molecular weight excluding hydrogens is 184 g/mol. The number of rotatable bonds is 5. The molecule has 1 heterocycles. The summed E-state index contributed by atoms with van der Waals surface area (Å²) >= 11 is 0. The fourth-order valence-electron chi connectivity index (χ4n) is 2.35. The van der Waals surface area contributed by atoms with Crippen LogP contribution >= 0.6 is 0 Å². The molecule has 2 heteroatoms. The summed E-state index contributed by atoms with van der Waals surface area (Å²) in [5, 5.41) is 3.29. The zero-order valence-corrected chi connectivity index (χ0v) is 10.6. The number of piperidine rings is 1. The maximum Gasteiger partial charge on any atom is 0.0375 e. The van der Waals surface area contributed by atoms with E-state index in [1.54, 1.807) is 0 Å². The molecule has 1 aliphatic rings. The van der Waals surface area contributed by atoms with Crippen molar-refractivity contribution >= 4 is 0 Å². The van der Waals surface area contributed by atoms with Crippen LogP contribution in [-0.4, -0.2) is 31.1 Å². The molecule has 88 valence electrons. The van der Waals surface area contributed by atoms with Gasteiger partial charge in [0, 0.05) is 18.8 Å². The van der Waals surface area contributed by atoms with Crippen molar-refractivity contribution in [2.45, 2.75) is 33.6 Å². The number of hydrogen-bond donors (Lipinski definition) is 1. The van der Waals surface area contributed by atoms with Crippen LogP contribution in [0.3, 0.4) is 0 Å². The highest BCUT2D eigenvalue weighted by Crippen LogP contribution is 2.24. The SMILES string of the molecule is C=C(CN1CCC(C(C)C)CC1)NCC. The lowest BCUT2D eigenvalue weighted by molar-refractivity contribution is 0.166. The molecule has 0 aliphatic carbocycles. The van der Waals surface area contributed by atoms with Crippen LogP contribution in [0.4, 0.5) is 0 Å². The Morgan fingerprint density at radius 2 is 2.00 bits per heavy atom. The van der Waals surface area contributed by atoms with Gasteiger partial charge in [-0.15, -0.1) is 0 Å². The highest BCUT2D eigenvalue weighted by atomic mass is 15.1. The van der Waals surface area contributed by atoms with Gasteiger partial charge in [-0.1, -0.05) is 20.4 Å². The van der Waals surface area contributed by atoms with E-state index in [1.165, 1.54) is 31.6 Å². The molecule has 1 aliphatic heterocycles. The van der Waals surface area contributed by atoms with E-state index in [2.05, 4.69) is 37.6 Å². The smallest absolute Gasteiger partial charge is 0.0375 e. The number of hydrogen-bond acceptors (Lipinski definition) is 2. The van der Waals surface area contributed by atoms with Gasteiger partial charge in [0.2, 0.25) is 0 Å². The fourth-order valence-corrected chi connectivity index (χ4v) is 2.35. The minimum Gasteiger partial charge on any atom is -0.388 e. The third-order valence-corrected chi connectivity index (χ3v) is 3.42. The first-order valence-electron chi connectivity index (χ1n) is 6.27. The van der Waals surface area contributed by atoms with Crippen molar-refractivity contribution in [3.05, 3.63) is 12.3 Å². The summed E-state index contributed by atoms with van der Waals surface area (Å²) in [6.07, 6.45) is 2.72. The van der Waals surface area contributed by atoms with Crippen LogP contribution in [0.2, 0.25) is 0 Å². The summed E-state index contributed by atoms with van der Waals surface area (Å²) in [5.41, 5.74) is 1.17. The molecule has 1 rings (SSSR count). The first-order chi connectivity index (χ1) is 7.13. The van der Waals surface area contributed by atoms with Gasteiger partial charge in [0.05, 0.1) is 0 Å². The van der Waals surface area contributed by atoms with Crippen molar-refractivity contribution in [1.82, 2.24) is 10.2 Å². The molecule has 0 saturated carbocycles. The maximum absolute atomic E-state index is 4.04. The van der Waals surface area contributed by atoms with Gasteiger partial charge in [0.1, 0.15) is 0 Å². The van der Waals surface area contributed by atoms with E-state index in [1.807, 2.05) is 0 Å². The molecule has 2 nitrogen and oxygen atoms in total. The van der Waals surface area contributed by atoms with E-state index in [0.29, 0.717) is 0 Å². The second kappa shape index (κ2) is 6.16. The van der Waals surface area contributed by atoms with Gasteiger partial charge in [-0.25, -0.2) is 0 Å². The third-order valence-electron chi connectivity index (χ3n) is 3.42. The van der Waals surface area contributed by atoms with E-state index in [4.69, 9.17) is 0 Å². The van der Waals surface area contributed by atoms with Crippen LogP contribution in [0.15, 0.2) is 12.3 Å². The number of nitrogens with zero attached hydrogens (tertiary/aromatic N) is 1. The minimum absolute atomic E-state index is 0.851. The zero-order valence-electron chi connectivity index (χ0n) is 10.6. The predicted molar refractivity (Wildman–Crippen MR) is 66.8 cm³/mol. The van der Waals surface area contributed by atoms with E-state index in [9.17, 15) is 0 Å². The van der Waals surface area contributed by atoms with E-state index in [-0.39, 0.29) is 0 Å². The number of nitrogens with one attached hydrogen (secondary N) is 1. The lowest BCUT2D eigenvalue weighted by Crippen LogP contribution is -2.38. The Morgan fingerprint density at radius 1 is 1.40 bits per heavy atom. The Bertz CT molecular complexity index is 191. The first kappa shape index (κ1) is 12.6. The molecule has 0 spiro atoms. The lowest BCUT2D eigenvalue weighted by Gasteiger charge is -2.34. The second-order valence-electron chi connectivity index (χ2n) is 4.99. The monoisotopic (exact) mass is 210 g/mol. The lowest BCUT2D eigenvalue weighted by atomic mass is 9.87. The van der Waals surface area contributed by atoms with Crippen molar-refractivity contribution in [2.75, 3.05) is 26.2 Å². The molecule has 0 radical (unpaired) electrons. The Hall–Kier alpha value is -0.500.